The first kappa shape index (κ1) is 39.1. The van der Waals surface area contributed by atoms with Crippen molar-refractivity contribution >= 4 is 11.8 Å². The summed E-state index contributed by atoms with van der Waals surface area (Å²) in [5.74, 6) is -0.553. The average molecular weight is 645 g/mol. The summed E-state index contributed by atoms with van der Waals surface area (Å²) in [5.41, 5.74) is 0.886. The van der Waals surface area contributed by atoms with E-state index in [1.54, 1.807) is 24.3 Å². The lowest BCUT2D eigenvalue weighted by molar-refractivity contribution is -0.0264. The van der Waals surface area contributed by atoms with Crippen molar-refractivity contribution in [2.75, 3.05) is 152 Å². The van der Waals surface area contributed by atoms with E-state index in [1.807, 2.05) is 7.05 Å². The smallest absolute Gasteiger partial charge is 0.261 e. The van der Waals surface area contributed by atoms with Gasteiger partial charge >= 0.3 is 0 Å². The number of amides is 2. The van der Waals surface area contributed by atoms with E-state index in [4.69, 9.17) is 47.4 Å². The standard InChI is InChI=1S/C31H52N2O12/c1-32-6-8-36-10-12-38-14-16-40-18-20-42-22-24-44-26-27-45-25-23-43-21-19-41-17-15-39-13-11-37-9-7-33-30(34)28-4-2-3-5-29(28)31(33)35/h2-5,32H,6-27H2,1H3. The molecule has 0 saturated carbocycles. The number of carbonyl (C=O) groups is 2. The molecule has 14 heteroatoms. The van der Waals surface area contributed by atoms with Gasteiger partial charge in [-0.25, -0.2) is 0 Å². The highest BCUT2D eigenvalue weighted by Crippen LogP contribution is 2.21. The van der Waals surface area contributed by atoms with E-state index >= 15 is 0 Å². The summed E-state index contributed by atoms with van der Waals surface area (Å²) in [6.45, 7) is 10.8. The molecule has 0 spiro atoms. The van der Waals surface area contributed by atoms with Crippen LogP contribution in [0.25, 0.3) is 0 Å². The van der Waals surface area contributed by atoms with Crippen molar-refractivity contribution in [2.45, 2.75) is 0 Å². The number of likely N-dealkylation sites (N-methyl/N-ethyl adjacent to an activating group) is 1. The number of imide groups is 1. The first-order valence-corrected chi connectivity index (χ1v) is 15.6. The molecule has 0 aliphatic carbocycles. The van der Waals surface area contributed by atoms with E-state index in [2.05, 4.69) is 5.32 Å². The number of rotatable bonds is 33. The van der Waals surface area contributed by atoms with Gasteiger partial charge in [0.2, 0.25) is 0 Å². The zero-order valence-corrected chi connectivity index (χ0v) is 26.7. The van der Waals surface area contributed by atoms with Crippen LogP contribution in [0.3, 0.4) is 0 Å². The quantitative estimate of drug-likeness (QED) is 0.0847. The van der Waals surface area contributed by atoms with Gasteiger partial charge in [-0.2, -0.15) is 0 Å². The minimum absolute atomic E-state index is 0.216. The highest BCUT2D eigenvalue weighted by Gasteiger charge is 2.34. The first-order chi connectivity index (χ1) is 22.3. The van der Waals surface area contributed by atoms with Crippen LogP contribution >= 0.6 is 0 Å². The number of hydrogen-bond donors (Lipinski definition) is 1. The molecule has 1 aliphatic rings. The Labute approximate surface area is 266 Å². The fourth-order valence-corrected chi connectivity index (χ4v) is 3.85. The van der Waals surface area contributed by atoms with Gasteiger partial charge in [0.05, 0.1) is 150 Å². The van der Waals surface area contributed by atoms with E-state index in [1.165, 1.54) is 4.90 Å². The number of carbonyl (C=O) groups excluding carboxylic acids is 2. The summed E-state index contributed by atoms with van der Waals surface area (Å²) in [6.07, 6.45) is 0. The van der Waals surface area contributed by atoms with Crippen molar-refractivity contribution in [3.05, 3.63) is 35.4 Å². The molecular formula is C31H52N2O12. The van der Waals surface area contributed by atoms with Gasteiger partial charge in [0, 0.05) is 6.54 Å². The Morgan fingerprint density at radius 3 is 1.00 bits per heavy atom. The van der Waals surface area contributed by atoms with Crippen LogP contribution in [0, 0.1) is 0 Å². The van der Waals surface area contributed by atoms with Gasteiger partial charge in [0.15, 0.2) is 0 Å². The molecule has 258 valence electrons. The first-order valence-electron chi connectivity index (χ1n) is 15.6. The SMILES string of the molecule is CNCCOCCOCCOCCOCCOCCOCCOCCOCCOCCOCCN1C(=O)c2ccccc2C1=O. The van der Waals surface area contributed by atoms with Crippen LogP contribution in [0.1, 0.15) is 20.7 Å². The number of benzene rings is 1. The van der Waals surface area contributed by atoms with Gasteiger partial charge in [-0.15, -0.1) is 0 Å². The van der Waals surface area contributed by atoms with E-state index < -0.39 is 0 Å². The van der Waals surface area contributed by atoms with Crippen LogP contribution in [0.5, 0.6) is 0 Å². The molecule has 45 heavy (non-hydrogen) atoms. The Morgan fingerprint density at radius 1 is 0.444 bits per heavy atom. The van der Waals surface area contributed by atoms with Gasteiger partial charge in [-0.05, 0) is 19.2 Å². The van der Waals surface area contributed by atoms with Crippen molar-refractivity contribution in [2.24, 2.45) is 0 Å². The second-order valence-corrected chi connectivity index (χ2v) is 9.53. The highest BCUT2D eigenvalue weighted by molar-refractivity contribution is 6.21. The zero-order chi connectivity index (χ0) is 32.0. The van der Waals surface area contributed by atoms with Crippen molar-refractivity contribution in [1.29, 1.82) is 0 Å². The second kappa shape index (κ2) is 28.2. The molecule has 0 aromatic heterocycles. The molecule has 0 bridgehead atoms. The zero-order valence-electron chi connectivity index (χ0n) is 26.7. The Bertz CT molecular complexity index is 844. The average Bonchev–Trinajstić information content (AvgIpc) is 3.30. The molecule has 14 nitrogen and oxygen atoms in total. The molecule has 1 N–H and O–H groups in total. The fourth-order valence-electron chi connectivity index (χ4n) is 3.85. The fraction of sp³-hybridized carbons (Fsp3) is 0.742. The van der Waals surface area contributed by atoms with Gasteiger partial charge < -0.3 is 52.7 Å². The number of nitrogens with one attached hydrogen (secondary N) is 1. The Kier molecular flexibility index (Phi) is 24.5. The topological polar surface area (TPSA) is 142 Å². The second-order valence-electron chi connectivity index (χ2n) is 9.53. The minimum Gasteiger partial charge on any atom is -0.378 e. The maximum atomic E-state index is 12.3. The monoisotopic (exact) mass is 644 g/mol. The van der Waals surface area contributed by atoms with E-state index in [0.29, 0.717) is 137 Å². The molecule has 2 amide bonds. The van der Waals surface area contributed by atoms with Gasteiger partial charge in [-0.1, -0.05) is 12.1 Å². The maximum absolute atomic E-state index is 12.3. The predicted molar refractivity (Wildman–Crippen MR) is 164 cm³/mol. The summed E-state index contributed by atoms with van der Waals surface area (Å²) < 4.78 is 54.5. The molecule has 1 aromatic rings. The molecule has 0 unspecified atom stereocenters. The summed E-state index contributed by atoms with van der Waals surface area (Å²) in [4.78, 5) is 25.8. The van der Waals surface area contributed by atoms with Crippen LogP contribution < -0.4 is 5.32 Å². The number of hydrogen-bond acceptors (Lipinski definition) is 13. The minimum atomic E-state index is -0.276. The molecular weight excluding hydrogens is 592 g/mol. The lowest BCUT2D eigenvalue weighted by Gasteiger charge is -2.13. The van der Waals surface area contributed by atoms with Gasteiger partial charge in [-0.3, -0.25) is 14.5 Å². The molecule has 1 heterocycles. The van der Waals surface area contributed by atoms with Crippen molar-refractivity contribution in [1.82, 2.24) is 10.2 Å². The third-order valence-electron chi connectivity index (χ3n) is 6.18. The number of nitrogens with zero attached hydrogens (tertiary/aromatic N) is 1. The highest BCUT2D eigenvalue weighted by atomic mass is 16.6. The normalized spacial score (nSPS) is 12.9. The van der Waals surface area contributed by atoms with E-state index in [9.17, 15) is 9.59 Å². The Morgan fingerprint density at radius 2 is 0.711 bits per heavy atom. The van der Waals surface area contributed by atoms with Crippen LogP contribution in [-0.2, 0) is 47.4 Å². The van der Waals surface area contributed by atoms with E-state index in [0.717, 1.165) is 6.54 Å². The summed E-state index contributed by atoms with van der Waals surface area (Å²) in [6, 6.07) is 6.82. The van der Waals surface area contributed by atoms with Crippen molar-refractivity contribution in [3.8, 4) is 0 Å². The molecule has 1 aliphatic heterocycles. The van der Waals surface area contributed by atoms with Crippen molar-refractivity contribution < 1.29 is 57.0 Å². The largest absolute Gasteiger partial charge is 0.378 e. The molecule has 1 aromatic carbocycles. The Balaban J connectivity index is 1.19. The lowest BCUT2D eigenvalue weighted by Crippen LogP contribution is -2.33. The van der Waals surface area contributed by atoms with Crippen LogP contribution in [0.4, 0.5) is 0 Å². The van der Waals surface area contributed by atoms with Crippen LogP contribution in [0.2, 0.25) is 0 Å². The lowest BCUT2D eigenvalue weighted by atomic mass is 10.1. The molecule has 0 radical (unpaired) electrons. The molecule has 0 saturated heterocycles. The number of ether oxygens (including phenoxy) is 10. The molecule has 2 rings (SSSR count). The third-order valence-corrected chi connectivity index (χ3v) is 6.18. The Hall–Kier alpha value is -2.08. The van der Waals surface area contributed by atoms with Gasteiger partial charge in [0.25, 0.3) is 11.8 Å². The van der Waals surface area contributed by atoms with E-state index in [-0.39, 0.29) is 25.0 Å². The third kappa shape index (κ3) is 19.2. The summed E-state index contributed by atoms with van der Waals surface area (Å²) in [7, 11) is 1.89. The van der Waals surface area contributed by atoms with Crippen molar-refractivity contribution in [3.63, 3.8) is 0 Å². The van der Waals surface area contributed by atoms with Crippen LogP contribution in [-0.4, -0.2) is 169 Å². The van der Waals surface area contributed by atoms with Gasteiger partial charge in [0.1, 0.15) is 0 Å². The molecule has 0 atom stereocenters. The van der Waals surface area contributed by atoms with Crippen LogP contribution in [0.15, 0.2) is 24.3 Å². The summed E-state index contributed by atoms with van der Waals surface area (Å²) in [5, 5.41) is 3.01. The maximum Gasteiger partial charge on any atom is 0.261 e. The predicted octanol–water partition coefficient (Wildman–Crippen LogP) is 0.668. The summed E-state index contributed by atoms with van der Waals surface area (Å²) >= 11 is 0. The number of fused-ring (bicyclic) bond motifs is 1. The molecule has 0 fully saturated rings.